The summed E-state index contributed by atoms with van der Waals surface area (Å²) in [6, 6.07) is 0. The fourth-order valence-corrected chi connectivity index (χ4v) is 3.53. The van der Waals surface area contributed by atoms with Crippen LogP contribution >= 0.6 is 0 Å². The van der Waals surface area contributed by atoms with Crippen molar-refractivity contribution >= 4 is 24.8 Å². The summed E-state index contributed by atoms with van der Waals surface area (Å²) in [5.41, 5.74) is -0.808. The molecule has 0 spiro atoms. The molecular formula is C25H44BN3O6. The fourth-order valence-electron chi connectivity index (χ4n) is 3.53. The lowest BCUT2D eigenvalue weighted by molar-refractivity contribution is 0.00578. The van der Waals surface area contributed by atoms with Gasteiger partial charge in [0.15, 0.2) is 0 Å². The molecule has 0 saturated carbocycles. The van der Waals surface area contributed by atoms with Crippen LogP contribution in [0.4, 0.5) is 9.59 Å². The zero-order chi connectivity index (χ0) is 27.0. The van der Waals surface area contributed by atoms with Crippen LogP contribution in [0.25, 0.3) is 0 Å². The second-order valence-corrected chi connectivity index (χ2v) is 12.2. The van der Waals surface area contributed by atoms with E-state index in [1.165, 1.54) is 4.68 Å². The van der Waals surface area contributed by atoms with Gasteiger partial charge < -0.3 is 23.7 Å². The summed E-state index contributed by atoms with van der Waals surface area (Å²) in [6.07, 6.45) is 0.678. The number of aromatic nitrogens is 2. The Bertz CT molecular complexity index is 911. The smallest absolute Gasteiger partial charge is 0.444 e. The Morgan fingerprint density at radius 2 is 1.51 bits per heavy atom. The average molecular weight is 493 g/mol. The highest BCUT2D eigenvalue weighted by Gasteiger charge is 2.53. The molecule has 0 bridgehead atoms. The van der Waals surface area contributed by atoms with Crippen molar-refractivity contribution in [1.82, 2.24) is 14.7 Å². The largest absolute Gasteiger partial charge is 0.498 e. The molecule has 0 aliphatic carbocycles. The predicted molar refractivity (Wildman–Crippen MR) is 136 cm³/mol. The lowest BCUT2D eigenvalue weighted by Gasteiger charge is -2.32. The molecule has 0 N–H and O–H groups in total. The van der Waals surface area contributed by atoms with Crippen molar-refractivity contribution in [3.8, 4) is 0 Å². The van der Waals surface area contributed by atoms with Crippen molar-refractivity contribution < 1.29 is 28.4 Å². The van der Waals surface area contributed by atoms with Crippen molar-refractivity contribution in [2.24, 2.45) is 0 Å². The SMILES string of the molecule is CCCCN(Cc1nn(C(=O)OC(C)(C)C)c(C)c1B1OC(C)(C)C(C)(C)O1)C(=O)OC(C)(C)C. The van der Waals surface area contributed by atoms with E-state index in [4.69, 9.17) is 18.8 Å². The maximum absolute atomic E-state index is 13.0. The van der Waals surface area contributed by atoms with E-state index in [9.17, 15) is 9.59 Å². The number of ether oxygens (including phenoxy) is 2. The summed E-state index contributed by atoms with van der Waals surface area (Å²) in [5.74, 6) is 0. The number of rotatable bonds is 6. The molecule has 10 heteroatoms. The minimum atomic E-state index is -0.752. The van der Waals surface area contributed by atoms with E-state index < -0.39 is 41.7 Å². The topological polar surface area (TPSA) is 92.1 Å². The van der Waals surface area contributed by atoms with E-state index in [2.05, 4.69) is 12.0 Å². The van der Waals surface area contributed by atoms with E-state index in [1.807, 2.05) is 48.5 Å². The third kappa shape index (κ3) is 7.23. The van der Waals surface area contributed by atoms with E-state index in [0.717, 1.165) is 12.8 Å². The summed E-state index contributed by atoms with van der Waals surface area (Å²) in [4.78, 5) is 27.6. The van der Waals surface area contributed by atoms with Gasteiger partial charge in [-0.05, 0) is 82.6 Å². The molecule has 1 aliphatic heterocycles. The summed E-state index contributed by atoms with van der Waals surface area (Å²) in [5, 5.41) is 4.59. The van der Waals surface area contributed by atoms with E-state index in [0.29, 0.717) is 23.4 Å². The lowest BCUT2D eigenvalue weighted by atomic mass is 9.77. The summed E-state index contributed by atoms with van der Waals surface area (Å²) in [7, 11) is -0.752. The molecule has 1 fully saturated rings. The number of nitrogens with zero attached hydrogens (tertiary/aromatic N) is 3. The van der Waals surface area contributed by atoms with Crippen LogP contribution in [-0.2, 0) is 25.3 Å². The van der Waals surface area contributed by atoms with E-state index in [1.54, 1.807) is 32.6 Å². The van der Waals surface area contributed by atoms with Crippen molar-refractivity contribution in [3.05, 3.63) is 11.4 Å². The summed E-state index contributed by atoms with van der Waals surface area (Å²) in [6.45, 7) is 23.2. The van der Waals surface area contributed by atoms with E-state index in [-0.39, 0.29) is 6.54 Å². The first-order chi connectivity index (χ1) is 15.8. The molecule has 1 saturated heterocycles. The quantitative estimate of drug-likeness (QED) is 0.525. The first kappa shape index (κ1) is 29.2. The molecule has 1 amide bonds. The van der Waals surface area contributed by atoms with Gasteiger partial charge in [0.05, 0.1) is 23.4 Å². The standard InChI is InChI=1S/C25H44BN3O6/c1-13-14-15-28(20(30)32-22(3,4)5)16-18-19(26-34-24(9,10)25(11,12)35-26)17(2)29(27-18)21(31)33-23(6,7)8/h13-16H2,1-12H3. The third-order valence-electron chi connectivity index (χ3n) is 6.07. The van der Waals surface area contributed by atoms with Gasteiger partial charge in [-0.1, -0.05) is 13.3 Å². The molecule has 1 aromatic heterocycles. The zero-order valence-corrected chi connectivity index (χ0v) is 23.7. The molecule has 2 rings (SSSR count). The highest BCUT2D eigenvalue weighted by molar-refractivity contribution is 6.63. The minimum absolute atomic E-state index is 0.144. The molecule has 0 atom stereocenters. The fraction of sp³-hybridized carbons (Fsp3) is 0.800. The molecule has 0 aromatic carbocycles. The van der Waals surface area contributed by atoms with Crippen molar-refractivity contribution in [2.75, 3.05) is 6.54 Å². The Morgan fingerprint density at radius 3 is 1.97 bits per heavy atom. The molecule has 1 aromatic rings. The van der Waals surface area contributed by atoms with Crippen LogP contribution in [-0.4, -0.2) is 62.9 Å². The molecule has 0 unspecified atom stereocenters. The number of hydrogen-bond donors (Lipinski definition) is 0. The highest BCUT2D eigenvalue weighted by Crippen LogP contribution is 2.37. The Hall–Kier alpha value is -2.07. The van der Waals surface area contributed by atoms with E-state index >= 15 is 0 Å². The Balaban J connectivity index is 2.53. The van der Waals surface area contributed by atoms with Crippen LogP contribution in [0.15, 0.2) is 0 Å². The van der Waals surface area contributed by atoms with Crippen LogP contribution in [0.3, 0.4) is 0 Å². The van der Waals surface area contributed by atoms with Crippen LogP contribution in [0.2, 0.25) is 0 Å². The van der Waals surface area contributed by atoms with Gasteiger partial charge in [-0.3, -0.25) is 0 Å². The van der Waals surface area contributed by atoms with Crippen LogP contribution in [0.5, 0.6) is 0 Å². The highest BCUT2D eigenvalue weighted by atomic mass is 16.7. The Kier molecular flexibility index (Phi) is 8.44. The zero-order valence-electron chi connectivity index (χ0n) is 23.7. The van der Waals surface area contributed by atoms with Crippen LogP contribution in [0, 0.1) is 6.92 Å². The van der Waals surface area contributed by atoms with Gasteiger partial charge in [-0.15, -0.1) is 0 Å². The number of unbranched alkanes of at least 4 members (excludes halogenated alkanes) is 1. The third-order valence-corrected chi connectivity index (χ3v) is 6.07. The summed E-state index contributed by atoms with van der Waals surface area (Å²) < 4.78 is 25.1. The van der Waals surface area contributed by atoms with Gasteiger partial charge in [0.25, 0.3) is 0 Å². The first-order valence-electron chi connectivity index (χ1n) is 12.4. The Morgan fingerprint density at radius 1 is 1.00 bits per heavy atom. The monoisotopic (exact) mass is 493 g/mol. The average Bonchev–Trinajstić information content (AvgIpc) is 3.07. The molecular weight excluding hydrogens is 449 g/mol. The lowest BCUT2D eigenvalue weighted by Crippen LogP contribution is -2.42. The second-order valence-electron chi connectivity index (χ2n) is 12.2. The van der Waals surface area contributed by atoms with Gasteiger partial charge in [0.2, 0.25) is 0 Å². The number of carbonyl (C=O) groups excluding carboxylic acids is 2. The minimum Gasteiger partial charge on any atom is -0.444 e. The van der Waals surface area contributed by atoms with Crippen LogP contribution < -0.4 is 5.46 Å². The number of hydrogen-bond acceptors (Lipinski definition) is 7. The van der Waals surface area contributed by atoms with Crippen molar-refractivity contribution in [3.63, 3.8) is 0 Å². The normalized spacial score (nSPS) is 17.4. The van der Waals surface area contributed by atoms with Gasteiger partial charge in [-0.25, -0.2) is 9.59 Å². The number of carbonyl (C=O) groups is 2. The maximum Gasteiger partial charge on any atom is 0.498 e. The molecule has 0 radical (unpaired) electrons. The van der Waals surface area contributed by atoms with Gasteiger partial charge in [-0.2, -0.15) is 9.78 Å². The summed E-state index contributed by atoms with van der Waals surface area (Å²) >= 11 is 0. The molecule has 2 heterocycles. The van der Waals surface area contributed by atoms with Crippen molar-refractivity contribution in [2.45, 2.75) is 125 Å². The maximum atomic E-state index is 13.0. The second kappa shape index (κ2) is 10.1. The molecule has 35 heavy (non-hydrogen) atoms. The predicted octanol–water partition coefficient (Wildman–Crippen LogP) is 4.81. The molecule has 9 nitrogen and oxygen atoms in total. The molecule has 1 aliphatic rings. The van der Waals surface area contributed by atoms with Gasteiger partial charge in [0, 0.05) is 17.7 Å². The van der Waals surface area contributed by atoms with Gasteiger partial charge in [0.1, 0.15) is 11.2 Å². The van der Waals surface area contributed by atoms with Crippen molar-refractivity contribution in [1.29, 1.82) is 0 Å². The first-order valence-corrected chi connectivity index (χ1v) is 12.4. The number of amides is 1. The van der Waals surface area contributed by atoms with Crippen LogP contribution in [0.1, 0.15) is 100 Å². The van der Waals surface area contributed by atoms with Gasteiger partial charge >= 0.3 is 19.3 Å². The molecule has 198 valence electrons. The Labute approximate surface area is 210 Å².